The number of tetrazole rings is 1. The van der Waals surface area contributed by atoms with Gasteiger partial charge in [-0.3, -0.25) is 4.79 Å². The summed E-state index contributed by atoms with van der Waals surface area (Å²) in [6, 6.07) is 17.9. The third kappa shape index (κ3) is 3.87. The second-order valence-electron chi connectivity index (χ2n) is 6.40. The normalized spacial score (nSPS) is 12.1. The standard InChI is InChI=1S/C20H20N6O/c27-20(21-11-10-16-12-22-19-9-5-4-8-17(16)19)18(13-26-14-23-24-25-26)15-6-2-1-3-7-15/h1-9,12,14,18,22H,10-11,13H2,(H,21,27)/t18-/m1/s1. The zero-order valence-electron chi connectivity index (χ0n) is 14.7. The first-order valence-corrected chi connectivity index (χ1v) is 8.89. The molecule has 0 unspecified atom stereocenters. The maximum atomic E-state index is 12.9. The van der Waals surface area contributed by atoms with Gasteiger partial charge in [0.05, 0.1) is 12.5 Å². The van der Waals surface area contributed by atoms with Gasteiger partial charge >= 0.3 is 0 Å². The SMILES string of the molecule is O=C(NCCc1c[nH]c2ccccc12)[C@H](Cn1cnnn1)c1ccccc1. The molecule has 4 rings (SSSR count). The number of rotatable bonds is 7. The smallest absolute Gasteiger partial charge is 0.229 e. The van der Waals surface area contributed by atoms with Crippen LogP contribution < -0.4 is 5.32 Å². The van der Waals surface area contributed by atoms with Crippen molar-refractivity contribution in [1.29, 1.82) is 0 Å². The Labute approximate surface area is 156 Å². The summed E-state index contributed by atoms with van der Waals surface area (Å²) in [6.07, 6.45) is 4.30. The van der Waals surface area contributed by atoms with Crippen molar-refractivity contribution < 1.29 is 4.79 Å². The number of aromatic nitrogens is 5. The molecule has 7 heteroatoms. The van der Waals surface area contributed by atoms with Gasteiger partial charge in [0.2, 0.25) is 5.91 Å². The fraction of sp³-hybridized carbons (Fsp3) is 0.200. The number of fused-ring (bicyclic) bond motifs is 1. The Balaban J connectivity index is 1.43. The maximum Gasteiger partial charge on any atom is 0.229 e. The summed E-state index contributed by atoms with van der Waals surface area (Å²) in [5.41, 5.74) is 3.25. The molecule has 136 valence electrons. The van der Waals surface area contributed by atoms with E-state index >= 15 is 0 Å². The zero-order chi connectivity index (χ0) is 18.5. The topological polar surface area (TPSA) is 88.5 Å². The molecule has 0 bridgehead atoms. The van der Waals surface area contributed by atoms with Crippen LogP contribution in [0.25, 0.3) is 10.9 Å². The molecular formula is C20H20N6O. The Morgan fingerprint density at radius 1 is 1.11 bits per heavy atom. The van der Waals surface area contributed by atoms with Crippen LogP contribution in [0, 0.1) is 0 Å². The third-order valence-electron chi connectivity index (χ3n) is 4.65. The highest BCUT2D eigenvalue weighted by Gasteiger charge is 2.21. The monoisotopic (exact) mass is 360 g/mol. The van der Waals surface area contributed by atoms with Crippen LogP contribution in [0.4, 0.5) is 0 Å². The lowest BCUT2D eigenvalue weighted by Crippen LogP contribution is -2.33. The van der Waals surface area contributed by atoms with E-state index in [1.165, 1.54) is 17.3 Å². The Morgan fingerprint density at radius 3 is 2.74 bits per heavy atom. The van der Waals surface area contributed by atoms with Crippen LogP contribution in [0.2, 0.25) is 0 Å². The van der Waals surface area contributed by atoms with Crippen LogP contribution >= 0.6 is 0 Å². The number of nitrogens with zero attached hydrogens (tertiary/aromatic N) is 4. The molecule has 1 amide bonds. The number of hydrogen-bond donors (Lipinski definition) is 2. The predicted octanol–water partition coefficient (Wildman–Crippen LogP) is 2.30. The summed E-state index contributed by atoms with van der Waals surface area (Å²) in [4.78, 5) is 16.1. The summed E-state index contributed by atoms with van der Waals surface area (Å²) in [6.45, 7) is 0.968. The summed E-state index contributed by atoms with van der Waals surface area (Å²) in [5, 5.41) is 15.4. The summed E-state index contributed by atoms with van der Waals surface area (Å²) in [5.74, 6) is -0.380. The molecule has 1 atom stereocenters. The van der Waals surface area contributed by atoms with Crippen molar-refractivity contribution >= 4 is 16.8 Å². The number of aromatic amines is 1. The van der Waals surface area contributed by atoms with E-state index in [9.17, 15) is 4.79 Å². The average Bonchev–Trinajstić information content (AvgIpc) is 3.37. The summed E-state index contributed by atoms with van der Waals surface area (Å²) < 4.78 is 1.58. The highest BCUT2D eigenvalue weighted by atomic mass is 16.1. The van der Waals surface area contributed by atoms with Crippen LogP contribution in [-0.4, -0.2) is 37.6 Å². The van der Waals surface area contributed by atoms with Gasteiger partial charge < -0.3 is 10.3 Å². The van der Waals surface area contributed by atoms with E-state index in [1.54, 1.807) is 4.68 Å². The maximum absolute atomic E-state index is 12.9. The molecule has 27 heavy (non-hydrogen) atoms. The number of benzene rings is 2. The molecule has 2 heterocycles. The predicted molar refractivity (Wildman–Crippen MR) is 102 cm³/mol. The summed E-state index contributed by atoms with van der Waals surface area (Å²) in [7, 11) is 0. The van der Waals surface area contributed by atoms with E-state index in [0.717, 1.165) is 17.5 Å². The number of H-pyrrole nitrogens is 1. The Kier molecular flexibility index (Phi) is 4.91. The number of carbonyl (C=O) groups excluding carboxylic acids is 1. The minimum atomic E-state index is -0.349. The second-order valence-corrected chi connectivity index (χ2v) is 6.40. The molecule has 0 radical (unpaired) electrons. The van der Waals surface area contributed by atoms with Gasteiger partial charge in [-0.05, 0) is 34.0 Å². The van der Waals surface area contributed by atoms with Gasteiger partial charge in [-0.1, -0.05) is 48.5 Å². The van der Waals surface area contributed by atoms with E-state index in [-0.39, 0.29) is 11.8 Å². The minimum Gasteiger partial charge on any atom is -0.361 e. The summed E-state index contributed by atoms with van der Waals surface area (Å²) >= 11 is 0. The zero-order valence-corrected chi connectivity index (χ0v) is 14.7. The van der Waals surface area contributed by atoms with Crippen molar-refractivity contribution in [3.05, 3.63) is 78.2 Å². The molecule has 0 fully saturated rings. The van der Waals surface area contributed by atoms with Crippen LogP contribution in [0.3, 0.4) is 0 Å². The number of carbonyl (C=O) groups is 1. The molecule has 0 aliphatic rings. The van der Waals surface area contributed by atoms with Crippen molar-refractivity contribution in [2.75, 3.05) is 6.54 Å². The van der Waals surface area contributed by atoms with Gasteiger partial charge in [0.25, 0.3) is 0 Å². The van der Waals surface area contributed by atoms with Gasteiger partial charge in [0.1, 0.15) is 6.33 Å². The van der Waals surface area contributed by atoms with Crippen LogP contribution in [0.1, 0.15) is 17.0 Å². The minimum absolute atomic E-state index is 0.0310. The van der Waals surface area contributed by atoms with E-state index < -0.39 is 0 Å². The van der Waals surface area contributed by atoms with Crippen LogP contribution in [0.15, 0.2) is 67.1 Å². The second kappa shape index (κ2) is 7.82. The lowest BCUT2D eigenvalue weighted by atomic mass is 9.98. The molecule has 7 nitrogen and oxygen atoms in total. The number of amides is 1. The first-order valence-electron chi connectivity index (χ1n) is 8.89. The molecule has 0 saturated carbocycles. The Bertz CT molecular complexity index is 1010. The van der Waals surface area contributed by atoms with Crippen molar-refractivity contribution in [3.63, 3.8) is 0 Å². The number of para-hydroxylation sites is 1. The fourth-order valence-corrected chi connectivity index (χ4v) is 3.26. The van der Waals surface area contributed by atoms with E-state index in [0.29, 0.717) is 13.1 Å². The Morgan fingerprint density at radius 2 is 1.93 bits per heavy atom. The molecule has 2 aromatic heterocycles. The molecule has 4 aromatic rings. The first kappa shape index (κ1) is 17.0. The largest absolute Gasteiger partial charge is 0.361 e. The third-order valence-corrected chi connectivity index (χ3v) is 4.65. The molecule has 0 saturated heterocycles. The van der Waals surface area contributed by atoms with E-state index in [2.05, 4.69) is 38.0 Å². The van der Waals surface area contributed by atoms with Gasteiger partial charge in [-0.15, -0.1) is 5.10 Å². The highest BCUT2D eigenvalue weighted by Crippen LogP contribution is 2.19. The Hall–Kier alpha value is -3.48. The molecule has 0 spiro atoms. The van der Waals surface area contributed by atoms with Crippen LogP contribution in [0.5, 0.6) is 0 Å². The lowest BCUT2D eigenvalue weighted by molar-refractivity contribution is -0.122. The van der Waals surface area contributed by atoms with Crippen molar-refractivity contribution in [2.45, 2.75) is 18.9 Å². The van der Waals surface area contributed by atoms with Gasteiger partial charge in [-0.25, -0.2) is 4.68 Å². The van der Waals surface area contributed by atoms with Crippen molar-refractivity contribution in [2.24, 2.45) is 0 Å². The molecule has 2 N–H and O–H groups in total. The fourth-order valence-electron chi connectivity index (χ4n) is 3.26. The van der Waals surface area contributed by atoms with Gasteiger partial charge in [0.15, 0.2) is 0 Å². The number of hydrogen-bond acceptors (Lipinski definition) is 4. The lowest BCUT2D eigenvalue weighted by Gasteiger charge is -2.17. The highest BCUT2D eigenvalue weighted by molar-refractivity contribution is 5.84. The molecule has 0 aliphatic heterocycles. The van der Waals surface area contributed by atoms with E-state index in [1.807, 2.05) is 48.7 Å². The van der Waals surface area contributed by atoms with Crippen LogP contribution in [-0.2, 0) is 17.8 Å². The molecule has 2 aromatic carbocycles. The van der Waals surface area contributed by atoms with Crippen molar-refractivity contribution in [1.82, 2.24) is 30.5 Å². The van der Waals surface area contributed by atoms with Gasteiger partial charge in [-0.2, -0.15) is 0 Å². The van der Waals surface area contributed by atoms with Crippen molar-refractivity contribution in [3.8, 4) is 0 Å². The van der Waals surface area contributed by atoms with E-state index in [4.69, 9.17) is 0 Å². The molecular weight excluding hydrogens is 340 g/mol. The van der Waals surface area contributed by atoms with Gasteiger partial charge in [0, 0.05) is 23.6 Å². The first-order chi connectivity index (χ1) is 13.3. The quantitative estimate of drug-likeness (QED) is 0.529. The average molecular weight is 360 g/mol. The molecule has 0 aliphatic carbocycles. The number of nitrogens with one attached hydrogen (secondary N) is 2.